The van der Waals surface area contributed by atoms with Gasteiger partial charge in [0.1, 0.15) is 51.6 Å². The Morgan fingerprint density at radius 2 is 0.770 bits per heavy atom. The van der Waals surface area contributed by atoms with Gasteiger partial charge in [-0.3, -0.25) is 33.0 Å². The number of sulfone groups is 1. The number of hydrogen-bond donors (Lipinski definition) is 9. The first-order valence-corrected chi connectivity index (χ1v) is 43.3. The van der Waals surface area contributed by atoms with Crippen LogP contribution in [-0.4, -0.2) is 183 Å². The number of carbonyl (C=O) groups is 3. The number of anilines is 9. The zero-order chi connectivity index (χ0) is 89.9. The molecule has 9 aromatic carbocycles. The molecule has 1 unspecified atom stereocenters. The normalized spacial score (nSPS) is 11.7. The van der Waals surface area contributed by atoms with Crippen molar-refractivity contribution in [2.45, 2.75) is 36.2 Å². The summed E-state index contributed by atoms with van der Waals surface area (Å²) >= 11 is 1.51. The van der Waals surface area contributed by atoms with Crippen LogP contribution >= 0.6 is 11.8 Å². The number of aryl methyl sites for hydroxylation is 6. The molecule has 3 amide bonds. The molecule has 15 aromatic rings. The average molecular weight is 1760 g/mol. The molecule has 648 valence electrons. The number of rotatable bonds is 27. The number of aromatic nitrogens is 12. The molecule has 1 atom stereocenters. The van der Waals surface area contributed by atoms with E-state index in [0.717, 1.165) is 46.1 Å². The molecule has 0 aliphatic rings. The minimum absolute atomic E-state index is 0.0806. The van der Waals surface area contributed by atoms with E-state index in [1.807, 2.05) is 96.3 Å². The van der Waals surface area contributed by atoms with Crippen LogP contribution in [0.25, 0.3) is 66.5 Å². The first kappa shape index (κ1) is 89.7. The average Bonchev–Trinajstić information content (AvgIpc) is 1.69. The molecular formula is C90H90F3N21O9S3. The monoisotopic (exact) mass is 1760 g/mol. The SMILES string of the molecule is Cc1ccc(NC(=O)c2[nH]c(S(=O)(=O)CCN(C)C)nc2-c2ccc(F)cc2)cc1Nc1ccc2ncn(C)c(=O)c2c1.Cc1ccc(NC(=O)c2[nH]c(S(=O)CCN(C)C)nc2-c2ccc(F)cc2)cc1Nc1ccc2ncn(C)c(=O)c2c1.Cc1ccc(NC(=O)c2[nH]c(SCCN(C)C)nc2-c2ccc(F)cc2)cc1Nc1ccc2ncn(C)c(=O)c2c1. The molecule has 0 saturated carbocycles. The van der Waals surface area contributed by atoms with E-state index in [2.05, 4.69) is 81.7 Å². The number of thioether (sulfide) groups is 1. The fraction of sp³-hybridized carbons (Fsp3) is 0.200. The van der Waals surface area contributed by atoms with Gasteiger partial charge in [-0.05, 0) is 244 Å². The molecule has 30 nitrogen and oxygen atoms in total. The number of benzene rings is 9. The minimum atomic E-state index is -3.85. The zero-order valence-electron chi connectivity index (χ0n) is 70.7. The number of H-pyrrole nitrogens is 3. The number of nitrogens with zero attached hydrogens (tertiary/aromatic N) is 12. The largest absolute Gasteiger partial charge is 0.355 e. The molecule has 126 heavy (non-hydrogen) atoms. The van der Waals surface area contributed by atoms with Crippen LogP contribution in [0.3, 0.4) is 0 Å². The third-order valence-electron chi connectivity index (χ3n) is 20.0. The van der Waals surface area contributed by atoms with E-state index in [-0.39, 0.29) is 79.5 Å². The summed E-state index contributed by atoms with van der Waals surface area (Å²) in [4.78, 5) is 119. The van der Waals surface area contributed by atoms with Gasteiger partial charge in [0.25, 0.3) is 34.4 Å². The molecule has 9 N–H and O–H groups in total. The van der Waals surface area contributed by atoms with Gasteiger partial charge >= 0.3 is 0 Å². The Hall–Kier alpha value is -14.0. The van der Waals surface area contributed by atoms with E-state index in [9.17, 15) is 54.6 Å². The number of amides is 3. The molecule has 6 aromatic heterocycles. The van der Waals surface area contributed by atoms with E-state index in [1.165, 1.54) is 105 Å². The van der Waals surface area contributed by atoms with Crippen molar-refractivity contribution in [2.24, 2.45) is 21.1 Å². The summed E-state index contributed by atoms with van der Waals surface area (Å²) in [6.45, 7) is 7.45. The highest BCUT2D eigenvalue weighted by molar-refractivity contribution is 7.99. The Balaban J connectivity index is 0.000000162. The third-order valence-corrected chi connectivity index (χ3v) is 23.5. The van der Waals surface area contributed by atoms with E-state index < -0.39 is 44.1 Å². The Kier molecular flexibility index (Phi) is 27.9. The summed E-state index contributed by atoms with van der Waals surface area (Å²) in [7, 11) is 10.9. The Morgan fingerprint density at radius 3 is 1.14 bits per heavy atom. The number of nitrogens with one attached hydrogen (secondary N) is 9. The topological polar surface area (TPSA) is 375 Å². The van der Waals surface area contributed by atoms with Gasteiger partial charge in [-0.1, -0.05) is 30.0 Å². The van der Waals surface area contributed by atoms with Crippen LogP contribution in [0.5, 0.6) is 0 Å². The molecule has 0 fully saturated rings. The molecule has 0 aliphatic heterocycles. The number of aromatic amines is 3. The molecule has 0 aliphatic carbocycles. The second-order valence-corrected chi connectivity index (χ2v) is 35.0. The number of imidazole rings is 3. The molecular weight excluding hydrogens is 1670 g/mol. The quantitative estimate of drug-likeness (QED) is 0.0216. The fourth-order valence-corrected chi connectivity index (χ4v) is 16.2. The third kappa shape index (κ3) is 21.9. The van der Waals surface area contributed by atoms with Gasteiger partial charge in [-0.2, -0.15) is 0 Å². The van der Waals surface area contributed by atoms with Gasteiger partial charge in [-0.15, -0.1) is 0 Å². The van der Waals surface area contributed by atoms with Crippen LogP contribution in [0.1, 0.15) is 48.2 Å². The van der Waals surface area contributed by atoms with Crippen molar-refractivity contribution in [1.29, 1.82) is 0 Å². The zero-order valence-corrected chi connectivity index (χ0v) is 73.1. The predicted molar refractivity (Wildman–Crippen MR) is 490 cm³/mol. The highest BCUT2D eigenvalue weighted by Gasteiger charge is 2.28. The molecule has 0 bridgehead atoms. The maximum absolute atomic E-state index is 13.6. The van der Waals surface area contributed by atoms with E-state index in [1.54, 1.807) is 119 Å². The van der Waals surface area contributed by atoms with Crippen molar-refractivity contribution >= 4 is 134 Å². The van der Waals surface area contributed by atoms with Crippen LogP contribution < -0.4 is 48.6 Å². The number of halogens is 3. The lowest BCUT2D eigenvalue weighted by molar-refractivity contribution is 0.101. The van der Waals surface area contributed by atoms with Crippen LogP contribution in [0.2, 0.25) is 0 Å². The molecule has 36 heteroatoms. The van der Waals surface area contributed by atoms with Gasteiger partial charge in [0, 0.05) is 120 Å². The first-order valence-electron chi connectivity index (χ1n) is 39.4. The number of carbonyl (C=O) groups excluding carboxylic acids is 3. The van der Waals surface area contributed by atoms with Gasteiger partial charge in [0.05, 0.1) is 68.2 Å². The first-order chi connectivity index (χ1) is 60.2. The molecule has 0 saturated heterocycles. The summed E-state index contributed by atoms with van der Waals surface area (Å²) in [5, 5.41) is 20.5. The van der Waals surface area contributed by atoms with Gasteiger partial charge in [0.15, 0.2) is 10.3 Å². The predicted octanol–water partition coefficient (Wildman–Crippen LogP) is 14.0. The van der Waals surface area contributed by atoms with Crippen molar-refractivity contribution < 1.29 is 40.2 Å². The van der Waals surface area contributed by atoms with Gasteiger partial charge < -0.3 is 75.3 Å². The fourth-order valence-electron chi connectivity index (χ4n) is 12.8. The Morgan fingerprint density at radius 1 is 0.429 bits per heavy atom. The molecule has 6 heterocycles. The van der Waals surface area contributed by atoms with Gasteiger partial charge in [0.2, 0.25) is 15.0 Å². The van der Waals surface area contributed by atoms with Gasteiger partial charge in [-0.25, -0.2) is 51.5 Å². The van der Waals surface area contributed by atoms with Crippen molar-refractivity contribution in [3.63, 3.8) is 0 Å². The minimum Gasteiger partial charge on any atom is -0.355 e. The lowest BCUT2D eigenvalue weighted by Gasteiger charge is -2.13. The van der Waals surface area contributed by atoms with Crippen molar-refractivity contribution in [3.8, 4) is 33.8 Å². The second-order valence-electron chi connectivity index (χ2n) is 30.4. The highest BCUT2D eigenvalue weighted by Crippen LogP contribution is 2.34. The number of fused-ring (bicyclic) bond motifs is 3. The van der Waals surface area contributed by atoms with Crippen molar-refractivity contribution in [3.05, 3.63) is 283 Å². The highest BCUT2D eigenvalue weighted by atomic mass is 32.2. The summed E-state index contributed by atoms with van der Waals surface area (Å²) < 4.78 is 84.0. The van der Waals surface area contributed by atoms with E-state index in [4.69, 9.17) is 0 Å². The number of hydrogen-bond acceptors (Lipinski definition) is 22. The maximum atomic E-state index is 13.6. The Bertz CT molecular complexity index is 6960. The summed E-state index contributed by atoms with van der Waals surface area (Å²) in [6.07, 6.45) is 4.46. The second kappa shape index (κ2) is 39.2. The van der Waals surface area contributed by atoms with Crippen LogP contribution in [0.15, 0.2) is 231 Å². The molecule has 0 spiro atoms. The smallest absolute Gasteiger partial charge is 0.274 e. The summed E-state index contributed by atoms with van der Waals surface area (Å²) in [5.74, 6) is -1.84. The summed E-state index contributed by atoms with van der Waals surface area (Å²) in [5.41, 5.74) is 12.5. The summed E-state index contributed by atoms with van der Waals surface area (Å²) in [6, 6.07) is 49.0. The van der Waals surface area contributed by atoms with Crippen LogP contribution in [0, 0.1) is 38.2 Å². The van der Waals surface area contributed by atoms with Crippen LogP contribution in [0.4, 0.5) is 64.4 Å². The standard InChI is InChI=1S/C30H30FN7O4S.C30H30FN7O3S.C30H30FN7O2S/c1-18-5-10-22(16-25(18)33-21-11-12-24-23(15-21)29(40)38(4)17-32-24)34-28(39)27-26(19-6-8-20(31)9-7-19)35-30(36-27)43(41,42)14-13-37(2)3;1-18-5-10-22(16-25(18)33-21-11-12-24-23(15-21)29(40)38(4)17-32-24)34-28(39)27-26(19-6-8-20(31)9-7-19)35-30(36-27)42(41)14-13-37(2)3;1-18-5-10-22(16-25(18)33-21-11-12-24-23(15-21)29(40)38(4)17-32-24)34-28(39)27-26(19-6-8-20(31)9-7-19)35-30(36-27)41-14-13-37(2)3/h5-12,15-17,33H,13-14H2,1-4H3,(H,34,39)(H,35,36);5-12,15-17,33H,13-14H2,1-4H3,(H,34,39)(H,35,36);5-12,15-17,33H,13-14H2,1-4H3,(H,34,39)(H,35,36). The molecule has 0 radical (unpaired) electrons. The maximum Gasteiger partial charge on any atom is 0.274 e. The van der Waals surface area contributed by atoms with Crippen molar-refractivity contribution in [2.75, 3.05) is 111 Å². The lowest BCUT2D eigenvalue weighted by atomic mass is 10.1. The van der Waals surface area contributed by atoms with Crippen LogP contribution in [-0.2, 0) is 41.8 Å². The molecule has 15 rings (SSSR count). The lowest BCUT2D eigenvalue weighted by Crippen LogP contribution is -2.22. The van der Waals surface area contributed by atoms with Crippen molar-refractivity contribution in [1.82, 2.24) is 73.3 Å². The van der Waals surface area contributed by atoms with E-state index >= 15 is 0 Å². The Labute approximate surface area is 728 Å². The van der Waals surface area contributed by atoms with E-state index in [0.29, 0.717) is 107 Å².